The highest BCUT2D eigenvalue weighted by Crippen LogP contribution is 2.30. The standard InChI is InChI=1S/C20H25F3N4O2S/c1-24-19(27-9-7-26(8-10-27)18-4-3-11-30-18)25-13-15-5-6-16(17(12-15)28-2)29-14-20(21,22)23/h3-6,11-12H,7-10,13-14H2,1-2H3,(H,24,25). The molecule has 0 radical (unpaired) electrons. The molecule has 0 saturated carbocycles. The second-order valence-electron chi connectivity index (χ2n) is 6.72. The van der Waals surface area contributed by atoms with E-state index in [2.05, 4.69) is 37.6 Å². The van der Waals surface area contributed by atoms with Gasteiger partial charge in [0.15, 0.2) is 24.1 Å². The van der Waals surface area contributed by atoms with Gasteiger partial charge in [0.2, 0.25) is 0 Å². The van der Waals surface area contributed by atoms with Crippen LogP contribution in [0.2, 0.25) is 0 Å². The fourth-order valence-electron chi connectivity index (χ4n) is 3.20. The molecule has 0 unspecified atom stereocenters. The van der Waals surface area contributed by atoms with Crippen LogP contribution < -0.4 is 19.7 Å². The summed E-state index contributed by atoms with van der Waals surface area (Å²) in [6, 6.07) is 9.05. The van der Waals surface area contributed by atoms with Crippen LogP contribution in [-0.2, 0) is 6.54 Å². The number of nitrogens with one attached hydrogen (secondary N) is 1. The van der Waals surface area contributed by atoms with Crippen LogP contribution in [0.3, 0.4) is 0 Å². The van der Waals surface area contributed by atoms with Gasteiger partial charge in [0, 0.05) is 39.8 Å². The summed E-state index contributed by atoms with van der Waals surface area (Å²) in [7, 11) is 3.14. The maximum Gasteiger partial charge on any atom is 0.422 e. The second-order valence-corrected chi connectivity index (χ2v) is 7.64. The summed E-state index contributed by atoms with van der Waals surface area (Å²) in [6.45, 7) is 2.65. The molecule has 10 heteroatoms. The monoisotopic (exact) mass is 442 g/mol. The Hall–Kier alpha value is -2.62. The van der Waals surface area contributed by atoms with Gasteiger partial charge < -0.3 is 24.6 Å². The first-order chi connectivity index (χ1) is 14.4. The Morgan fingerprint density at radius 1 is 1.17 bits per heavy atom. The van der Waals surface area contributed by atoms with E-state index in [9.17, 15) is 13.2 Å². The lowest BCUT2D eigenvalue weighted by molar-refractivity contribution is -0.153. The van der Waals surface area contributed by atoms with Gasteiger partial charge in [-0.15, -0.1) is 11.3 Å². The fraction of sp³-hybridized carbons (Fsp3) is 0.450. The van der Waals surface area contributed by atoms with Crippen LogP contribution >= 0.6 is 11.3 Å². The number of alkyl halides is 3. The SMILES string of the molecule is CN=C(NCc1ccc(OCC(F)(F)F)c(OC)c1)N1CCN(c2cccs2)CC1. The first-order valence-electron chi connectivity index (χ1n) is 9.50. The van der Waals surface area contributed by atoms with Crippen molar-refractivity contribution in [3.8, 4) is 11.5 Å². The molecule has 164 valence electrons. The minimum absolute atomic E-state index is 0.0626. The average Bonchev–Trinajstić information content (AvgIpc) is 3.28. The number of ether oxygens (including phenoxy) is 2. The first-order valence-corrected chi connectivity index (χ1v) is 10.4. The van der Waals surface area contributed by atoms with Crippen molar-refractivity contribution >= 4 is 22.3 Å². The molecule has 1 aromatic heterocycles. The number of methoxy groups -OCH3 is 1. The molecule has 30 heavy (non-hydrogen) atoms. The molecule has 0 bridgehead atoms. The Labute approximate surface area is 177 Å². The Kier molecular flexibility index (Phi) is 7.30. The highest BCUT2D eigenvalue weighted by Gasteiger charge is 2.29. The number of piperazine rings is 1. The molecule has 0 atom stereocenters. The summed E-state index contributed by atoms with van der Waals surface area (Å²) >= 11 is 1.74. The van der Waals surface area contributed by atoms with Crippen molar-refractivity contribution in [2.45, 2.75) is 12.7 Å². The lowest BCUT2D eigenvalue weighted by Crippen LogP contribution is -2.52. The van der Waals surface area contributed by atoms with Crippen LogP contribution in [0.4, 0.5) is 18.2 Å². The number of nitrogens with zero attached hydrogens (tertiary/aromatic N) is 3. The van der Waals surface area contributed by atoms with Crippen molar-refractivity contribution in [1.82, 2.24) is 10.2 Å². The highest BCUT2D eigenvalue weighted by atomic mass is 32.1. The minimum Gasteiger partial charge on any atom is -0.493 e. The molecule has 1 fully saturated rings. The summed E-state index contributed by atoms with van der Waals surface area (Å²) in [5.41, 5.74) is 0.851. The number of anilines is 1. The number of guanidine groups is 1. The second kappa shape index (κ2) is 9.92. The summed E-state index contributed by atoms with van der Waals surface area (Å²) in [5, 5.41) is 6.67. The summed E-state index contributed by atoms with van der Waals surface area (Å²) in [5.74, 6) is 1.11. The molecule has 2 heterocycles. The van der Waals surface area contributed by atoms with Crippen LogP contribution in [0.15, 0.2) is 40.7 Å². The fourth-order valence-corrected chi connectivity index (χ4v) is 3.99. The van der Waals surface area contributed by atoms with Gasteiger partial charge in [0.05, 0.1) is 12.1 Å². The molecule has 1 aliphatic rings. The normalized spacial score (nSPS) is 15.3. The van der Waals surface area contributed by atoms with E-state index in [4.69, 9.17) is 9.47 Å². The molecule has 0 aliphatic carbocycles. The number of rotatable bonds is 6. The Morgan fingerprint density at radius 3 is 2.53 bits per heavy atom. The maximum atomic E-state index is 12.4. The van der Waals surface area contributed by atoms with E-state index in [1.165, 1.54) is 18.2 Å². The maximum absolute atomic E-state index is 12.4. The third kappa shape index (κ3) is 5.94. The van der Waals surface area contributed by atoms with Gasteiger partial charge in [-0.1, -0.05) is 6.07 Å². The van der Waals surface area contributed by atoms with Gasteiger partial charge in [0.25, 0.3) is 0 Å². The number of aliphatic imine (C=N–C) groups is 1. The Morgan fingerprint density at radius 2 is 1.93 bits per heavy atom. The molecule has 1 saturated heterocycles. The van der Waals surface area contributed by atoms with Crippen molar-refractivity contribution in [3.05, 3.63) is 41.3 Å². The van der Waals surface area contributed by atoms with E-state index in [0.717, 1.165) is 37.7 Å². The quantitative estimate of drug-likeness (QED) is 0.547. The zero-order valence-corrected chi connectivity index (χ0v) is 17.7. The van der Waals surface area contributed by atoms with Crippen LogP contribution in [0, 0.1) is 0 Å². The molecule has 2 aromatic rings. The molecule has 1 aromatic carbocycles. The van der Waals surface area contributed by atoms with Gasteiger partial charge >= 0.3 is 6.18 Å². The summed E-state index contributed by atoms with van der Waals surface area (Å²) in [4.78, 5) is 8.92. The van der Waals surface area contributed by atoms with Gasteiger partial charge in [-0.25, -0.2) is 0 Å². The van der Waals surface area contributed by atoms with Crippen molar-refractivity contribution in [3.63, 3.8) is 0 Å². The Balaban J connectivity index is 1.54. The molecule has 3 rings (SSSR count). The van der Waals surface area contributed by atoms with E-state index in [0.29, 0.717) is 6.54 Å². The van der Waals surface area contributed by atoms with E-state index >= 15 is 0 Å². The third-order valence-electron chi connectivity index (χ3n) is 4.68. The number of halogens is 3. The Bertz CT molecular complexity index is 835. The molecule has 0 amide bonds. The van der Waals surface area contributed by atoms with E-state index < -0.39 is 12.8 Å². The lowest BCUT2D eigenvalue weighted by Gasteiger charge is -2.37. The van der Waals surface area contributed by atoms with Crippen molar-refractivity contribution in [1.29, 1.82) is 0 Å². The zero-order valence-electron chi connectivity index (χ0n) is 16.9. The molecular weight excluding hydrogens is 417 g/mol. The zero-order chi connectivity index (χ0) is 21.6. The molecule has 0 spiro atoms. The predicted octanol–water partition coefficient (Wildman–Crippen LogP) is 3.60. The molecule has 1 aliphatic heterocycles. The number of thiophene rings is 1. The van der Waals surface area contributed by atoms with Gasteiger partial charge in [-0.3, -0.25) is 4.99 Å². The largest absolute Gasteiger partial charge is 0.493 e. The van der Waals surface area contributed by atoms with Crippen molar-refractivity contribution < 1.29 is 22.6 Å². The van der Waals surface area contributed by atoms with Crippen LogP contribution in [-0.4, -0.2) is 64.0 Å². The summed E-state index contributed by atoms with van der Waals surface area (Å²) < 4.78 is 47.2. The van der Waals surface area contributed by atoms with Gasteiger partial charge in [-0.05, 0) is 35.2 Å². The average molecular weight is 443 g/mol. The first kappa shape index (κ1) is 22.1. The smallest absolute Gasteiger partial charge is 0.422 e. The van der Waals surface area contributed by atoms with Crippen molar-refractivity contribution in [2.24, 2.45) is 4.99 Å². The van der Waals surface area contributed by atoms with Gasteiger partial charge in [-0.2, -0.15) is 13.2 Å². The number of hydrogen-bond acceptors (Lipinski definition) is 5. The van der Waals surface area contributed by atoms with Crippen LogP contribution in [0.1, 0.15) is 5.56 Å². The van der Waals surface area contributed by atoms with Gasteiger partial charge in [0.1, 0.15) is 0 Å². The van der Waals surface area contributed by atoms with E-state index in [1.54, 1.807) is 30.5 Å². The van der Waals surface area contributed by atoms with E-state index in [1.807, 2.05) is 0 Å². The predicted molar refractivity (Wildman–Crippen MR) is 113 cm³/mol. The van der Waals surface area contributed by atoms with Crippen molar-refractivity contribution in [2.75, 3.05) is 51.8 Å². The molecule has 6 nitrogen and oxygen atoms in total. The van der Waals surface area contributed by atoms with E-state index in [-0.39, 0.29) is 11.5 Å². The van der Waals surface area contributed by atoms with Crippen LogP contribution in [0.25, 0.3) is 0 Å². The summed E-state index contributed by atoms with van der Waals surface area (Å²) in [6.07, 6.45) is -4.40. The third-order valence-corrected chi connectivity index (χ3v) is 5.61. The molecule has 1 N–H and O–H groups in total. The van der Waals surface area contributed by atoms with Crippen LogP contribution in [0.5, 0.6) is 11.5 Å². The highest BCUT2D eigenvalue weighted by molar-refractivity contribution is 7.14. The number of hydrogen-bond donors (Lipinski definition) is 1. The molecular formula is C20H25F3N4O2S. The minimum atomic E-state index is -4.40. The lowest BCUT2D eigenvalue weighted by atomic mass is 10.2. The number of benzene rings is 1. The topological polar surface area (TPSA) is 49.3 Å².